The predicted molar refractivity (Wildman–Crippen MR) is 51.4 cm³/mol. The first-order chi connectivity index (χ1) is 6.56. The minimum absolute atomic E-state index is 0.0263. The lowest BCUT2D eigenvalue weighted by molar-refractivity contribution is -0.152. The van der Waals surface area contributed by atoms with E-state index in [9.17, 15) is 4.79 Å². The molecule has 4 heteroatoms. The van der Waals surface area contributed by atoms with E-state index in [1.54, 1.807) is 26.8 Å². The Morgan fingerprint density at radius 3 is 2.50 bits per heavy atom. The maximum absolute atomic E-state index is 11.5. The smallest absolute Gasteiger partial charge is 0.317 e. The first-order valence-corrected chi connectivity index (χ1v) is 4.49. The third-order valence-corrected chi connectivity index (χ3v) is 2.28. The number of nitrogens with zero attached hydrogens (tertiary/aromatic N) is 1. The van der Waals surface area contributed by atoms with E-state index in [1.165, 1.54) is 0 Å². The second-order valence-corrected chi connectivity index (χ2v) is 3.06. The molecular formula is C10H15NO3. The molecule has 4 nitrogen and oxygen atoms in total. The van der Waals surface area contributed by atoms with Gasteiger partial charge in [0, 0.05) is 0 Å². The molecular weight excluding hydrogens is 182 g/mol. The van der Waals surface area contributed by atoms with Crippen LogP contribution in [0, 0.1) is 16.7 Å². The fourth-order valence-corrected chi connectivity index (χ4v) is 1.03. The molecule has 14 heavy (non-hydrogen) atoms. The molecule has 0 aliphatic carbocycles. The third kappa shape index (κ3) is 2.25. The van der Waals surface area contributed by atoms with Crippen molar-refractivity contribution in [3.8, 4) is 6.07 Å². The lowest BCUT2D eigenvalue weighted by Crippen LogP contribution is -2.31. The van der Waals surface area contributed by atoms with Crippen LogP contribution in [0.5, 0.6) is 0 Å². The molecule has 0 radical (unpaired) electrons. The van der Waals surface area contributed by atoms with Crippen molar-refractivity contribution >= 4 is 5.97 Å². The Morgan fingerprint density at radius 1 is 1.64 bits per heavy atom. The molecule has 0 rings (SSSR count). The van der Waals surface area contributed by atoms with Crippen molar-refractivity contribution in [2.45, 2.75) is 27.2 Å². The number of nitriles is 1. The van der Waals surface area contributed by atoms with Crippen molar-refractivity contribution in [2.75, 3.05) is 6.61 Å². The normalized spacial score (nSPS) is 15.4. The number of carbonyl (C=O) groups is 1. The Kier molecular flexibility index (Phi) is 4.71. The van der Waals surface area contributed by atoms with Crippen molar-refractivity contribution in [2.24, 2.45) is 5.41 Å². The maximum atomic E-state index is 11.5. The van der Waals surface area contributed by atoms with Gasteiger partial charge in [-0.15, -0.1) is 0 Å². The summed E-state index contributed by atoms with van der Waals surface area (Å²) in [5.41, 5.74) is -1.02. The summed E-state index contributed by atoms with van der Waals surface area (Å²) in [5, 5.41) is 17.5. The predicted octanol–water partition coefficient (Wildman–Crippen LogP) is 1.93. The van der Waals surface area contributed by atoms with Gasteiger partial charge >= 0.3 is 5.97 Å². The molecule has 0 aromatic rings. The SMILES string of the molecule is CCOC(=O)C(C)(CC)/C(C#N)=C\O. The van der Waals surface area contributed by atoms with E-state index >= 15 is 0 Å². The summed E-state index contributed by atoms with van der Waals surface area (Å²) < 4.78 is 4.84. The van der Waals surface area contributed by atoms with Crippen LogP contribution in [0.2, 0.25) is 0 Å². The van der Waals surface area contributed by atoms with Crippen molar-refractivity contribution in [3.05, 3.63) is 11.8 Å². The van der Waals surface area contributed by atoms with Gasteiger partial charge in [-0.3, -0.25) is 4.79 Å². The van der Waals surface area contributed by atoms with Gasteiger partial charge in [0.2, 0.25) is 0 Å². The largest absolute Gasteiger partial charge is 0.515 e. The number of aliphatic hydroxyl groups excluding tert-OH is 1. The van der Waals surface area contributed by atoms with Gasteiger partial charge in [0.25, 0.3) is 0 Å². The van der Waals surface area contributed by atoms with Crippen LogP contribution in [0.25, 0.3) is 0 Å². The molecule has 0 aliphatic rings. The van der Waals surface area contributed by atoms with E-state index in [2.05, 4.69) is 0 Å². The van der Waals surface area contributed by atoms with Gasteiger partial charge in [-0.1, -0.05) is 6.92 Å². The summed E-state index contributed by atoms with van der Waals surface area (Å²) in [5.74, 6) is -0.482. The van der Waals surface area contributed by atoms with Gasteiger partial charge in [-0.25, -0.2) is 0 Å². The molecule has 0 spiro atoms. The van der Waals surface area contributed by atoms with Crippen LogP contribution in [0.4, 0.5) is 0 Å². The van der Waals surface area contributed by atoms with E-state index in [0.717, 1.165) is 0 Å². The van der Waals surface area contributed by atoms with Crippen molar-refractivity contribution < 1.29 is 14.6 Å². The molecule has 0 saturated heterocycles. The van der Waals surface area contributed by atoms with E-state index in [1.807, 2.05) is 0 Å². The first-order valence-electron chi connectivity index (χ1n) is 4.49. The van der Waals surface area contributed by atoms with Crippen molar-refractivity contribution in [1.82, 2.24) is 0 Å². The monoisotopic (exact) mass is 197 g/mol. The summed E-state index contributed by atoms with van der Waals surface area (Å²) >= 11 is 0. The molecule has 1 N–H and O–H groups in total. The van der Waals surface area contributed by atoms with Crippen LogP contribution in [-0.2, 0) is 9.53 Å². The molecule has 0 amide bonds. The highest BCUT2D eigenvalue weighted by molar-refractivity contribution is 5.81. The van der Waals surface area contributed by atoms with Gasteiger partial charge in [0.1, 0.15) is 5.41 Å². The summed E-state index contributed by atoms with van der Waals surface area (Å²) in [6.07, 6.45) is 1.08. The molecule has 0 fully saturated rings. The maximum Gasteiger partial charge on any atom is 0.317 e. The van der Waals surface area contributed by atoms with Crippen LogP contribution in [0.1, 0.15) is 27.2 Å². The zero-order valence-corrected chi connectivity index (χ0v) is 8.70. The minimum Gasteiger partial charge on any atom is -0.515 e. The highest BCUT2D eigenvalue weighted by Crippen LogP contribution is 2.31. The van der Waals surface area contributed by atoms with Crippen LogP contribution in [0.15, 0.2) is 11.8 Å². The lowest BCUT2D eigenvalue weighted by Gasteiger charge is -2.23. The Balaban J connectivity index is 4.99. The fourth-order valence-electron chi connectivity index (χ4n) is 1.03. The zero-order chi connectivity index (χ0) is 11.2. The van der Waals surface area contributed by atoms with Gasteiger partial charge in [0.15, 0.2) is 0 Å². The third-order valence-electron chi connectivity index (χ3n) is 2.28. The Labute approximate surface area is 83.8 Å². The van der Waals surface area contributed by atoms with E-state index in [4.69, 9.17) is 15.1 Å². The molecule has 0 heterocycles. The Bertz CT molecular complexity index is 278. The van der Waals surface area contributed by atoms with Crippen LogP contribution < -0.4 is 0 Å². The molecule has 0 aliphatic heterocycles. The number of carbonyl (C=O) groups excluding carboxylic acids is 1. The second kappa shape index (κ2) is 5.28. The highest BCUT2D eigenvalue weighted by atomic mass is 16.5. The first kappa shape index (κ1) is 12.5. The molecule has 0 saturated carbocycles. The molecule has 78 valence electrons. The van der Waals surface area contributed by atoms with Crippen molar-refractivity contribution in [3.63, 3.8) is 0 Å². The number of ether oxygens (including phenoxy) is 1. The van der Waals surface area contributed by atoms with Crippen molar-refractivity contribution in [1.29, 1.82) is 5.26 Å². The standard InChI is InChI=1S/C10H15NO3/c1-4-10(3,8(6-11)7-12)9(13)14-5-2/h7,12H,4-5H2,1-3H3/b8-7-. The van der Waals surface area contributed by atoms with Crippen LogP contribution in [0.3, 0.4) is 0 Å². The van der Waals surface area contributed by atoms with E-state index in [0.29, 0.717) is 12.7 Å². The zero-order valence-electron chi connectivity index (χ0n) is 8.70. The number of hydrogen-bond acceptors (Lipinski definition) is 4. The summed E-state index contributed by atoms with van der Waals surface area (Å²) in [6.45, 7) is 5.30. The Hall–Kier alpha value is -1.50. The number of esters is 1. The molecule has 0 aromatic carbocycles. The summed E-state index contributed by atoms with van der Waals surface area (Å²) in [4.78, 5) is 11.5. The molecule has 0 aromatic heterocycles. The van der Waals surface area contributed by atoms with Gasteiger partial charge < -0.3 is 9.84 Å². The Morgan fingerprint density at radius 2 is 2.21 bits per heavy atom. The average Bonchev–Trinajstić information content (AvgIpc) is 2.19. The quantitative estimate of drug-likeness (QED) is 0.424. The van der Waals surface area contributed by atoms with E-state index in [-0.39, 0.29) is 12.2 Å². The topological polar surface area (TPSA) is 70.3 Å². The molecule has 1 atom stereocenters. The van der Waals surface area contributed by atoms with Gasteiger partial charge in [0.05, 0.1) is 24.5 Å². The number of hydrogen-bond donors (Lipinski definition) is 1. The van der Waals surface area contributed by atoms with Crippen LogP contribution >= 0.6 is 0 Å². The minimum atomic E-state index is -1.04. The van der Waals surface area contributed by atoms with Gasteiger partial charge in [-0.2, -0.15) is 5.26 Å². The second-order valence-electron chi connectivity index (χ2n) is 3.06. The van der Waals surface area contributed by atoms with Crippen LogP contribution in [-0.4, -0.2) is 17.7 Å². The number of aliphatic hydroxyl groups is 1. The van der Waals surface area contributed by atoms with E-state index < -0.39 is 11.4 Å². The van der Waals surface area contributed by atoms with Gasteiger partial charge in [-0.05, 0) is 20.3 Å². The lowest BCUT2D eigenvalue weighted by atomic mass is 9.81. The average molecular weight is 197 g/mol. The fraction of sp³-hybridized carbons (Fsp3) is 0.600. The molecule has 1 unspecified atom stereocenters. The summed E-state index contributed by atoms with van der Waals surface area (Å²) in [7, 11) is 0. The molecule has 0 bridgehead atoms. The highest BCUT2D eigenvalue weighted by Gasteiger charge is 2.37. The number of rotatable bonds is 4. The summed E-state index contributed by atoms with van der Waals surface area (Å²) in [6, 6.07) is 1.79.